The fourth-order valence-electron chi connectivity index (χ4n) is 1.57. The Morgan fingerprint density at radius 1 is 1.31 bits per heavy atom. The van der Waals surface area contributed by atoms with Gasteiger partial charge >= 0.3 is 0 Å². The van der Waals surface area contributed by atoms with E-state index in [4.69, 9.17) is 0 Å². The maximum absolute atomic E-state index is 13.3. The van der Waals surface area contributed by atoms with E-state index in [1.54, 1.807) is 24.3 Å². The van der Waals surface area contributed by atoms with Gasteiger partial charge in [-0.3, -0.25) is 0 Å². The number of hydrogen-bond donors (Lipinski definition) is 0. The second-order valence-electron chi connectivity index (χ2n) is 2.92. The molecule has 0 nitrogen and oxygen atoms in total. The molecule has 1 aromatic rings. The summed E-state index contributed by atoms with van der Waals surface area (Å²) in [6.07, 6.45) is -0.252. The number of alkyl halides is 1. The summed E-state index contributed by atoms with van der Waals surface area (Å²) >= 11 is 0. The van der Waals surface area contributed by atoms with Crippen molar-refractivity contribution in [2.75, 3.05) is 0 Å². The highest BCUT2D eigenvalue weighted by molar-refractivity contribution is 5.82. The predicted molar refractivity (Wildman–Crippen MR) is 48.5 cm³/mol. The van der Waals surface area contributed by atoms with Gasteiger partial charge in [-0.2, -0.15) is 0 Å². The van der Waals surface area contributed by atoms with Crippen molar-refractivity contribution in [2.24, 2.45) is 0 Å². The normalized spacial score (nSPS) is 20.3. The van der Waals surface area contributed by atoms with Crippen LogP contribution < -0.4 is 0 Å². The molecule has 0 bridgehead atoms. The summed E-state index contributed by atoms with van der Waals surface area (Å²) in [6, 6.07) is 6.75. The van der Waals surface area contributed by atoms with Crippen LogP contribution in [-0.4, -0.2) is 0 Å². The summed E-state index contributed by atoms with van der Waals surface area (Å²) in [4.78, 5) is 0. The third-order valence-corrected chi connectivity index (χ3v) is 2.21. The zero-order valence-electron chi connectivity index (χ0n) is 6.93. The zero-order chi connectivity index (χ0) is 9.42. The number of allylic oxidation sites excluding steroid dienone is 3. The number of rotatable bonds is 1. The highest BCUT2D eigenvalue weighted by Crippen LogP contribution is 2.43. The molecule has 1 unspecified atom stereocenters. The predicted octanol–water partition coefficient (Wildman–Crippen LogP) is 3.58. The van der Waals surface area contributed by atoms with Crippen LogP contribution in [-0.2, 0) is 0 Å². The van der Waals surface area contributed by atoms with Gasteiger partial charge in [-0.25, -0.2) is 8.78 Å². The Morgan fingerprint density at radius 2 is 2.00 bits per heavy atom. The van der Waals surface area contributed by atoms with Gasteiger partial charge in [0.05, 0.1) is 0 Å². The van der Waals surface area contributed by atoms with E-state index in [9.17, 15) is 8.78 Å². The van der Waals surface area contributed by atoms with E-state index in [-0.39, 0.29) is 5.57 Å². The Hall–Kier alpha value is -1.44. The van der Waals surface area contributed by atoms with Crippen molar-refractivity contribution in [1.29, 1.82) is 0 Å². The number of hydrogen-bond acceptors (Lipinski definition) is 0. The lowest BCUT2D eigenvalue weighted by molar-refractivity contribution is 0.343. The van der Waals surface area contributed by atoms with Gasteiger partial charge in [0.25, 0.3) is 0 Å². The molecule has 0 N–H and O–H groups in total. The van der Waals surface area contributed by atoms with Crippen LogP contribution in [0.1, 0.15) is 17.3 Å². The molecule has 13 heavy (non-hydrogen) atoms. The molecule has 1 aliphatic carbocycles. The number of benzene rings is 1. The minimum Gasteiger partial charge on any atom is -0.234 e. The molecule has 0 aromatic heterocycles. The minimum absolute atomic E-state index is 0.281. The van der Waals surface area contributed by atoms with Crippen LogP contribution in [0.4, 0.5) is 8.78 Å². The van der Waals surface area contributed by atoms with Gasteiger partial charge in [-0.1, -0.05) is 36.9 Å². The van der Waals surface area contributed by atoms with Crippen molar-refractivity contribution < 1.29 is 8.78 Å². The number of halogens is 2. The lowest BCUT2D eigenvalue weighted by Gasteiger charge is -2.00. The summed E-state index contributed by atoms with van der Waals surface area (Å²) in [5, 5.41) is 0. The third-order valence-electron chi connectivity index (χ3n) is 2.21. The lowest BCUT2D eigenvalue weighted by atomic mass is 10.1. The van der Waals surface area contributed by atoms with Crippen molar-refractivity contribution in [3.05, 3.63) is 53.9 Å². The van der Waals surface area contributed by atoms with Crippen LogP contribution in [0.5, 0.6) is 0 Å². The molecule has 2 rings (SSSR count). The number of fused-ring (bicyclic) bond motifs is 1. The molecule has 0 saturated carbocycles. The van der Waals surface area contributed by atoms with Gasteiger partial charge in [0, 0.05) is 11.1 Å². The van der Waals surface area contributed by atoms with E-state index in [1.165, 1.54) is 6.08 Å². The van der Waals surface area contributed by atoms with Gasteiger partial charge in [0.15, 0.2) is 6.17 Å². The fourth-order valence-corrected chi connectivity index (χ4v) is 1.57. The molecule has 0 spiro atoms. The maximum atomic E-state index is 13.3. The molecule has 0 saturated heterocycles. The summed E-state index contributed by atoms with van der Waals surface area (Å²) in [5.41, 5.74) is 1.29. The average Bonchev–Trinajstić information content (AvgIpc) is 2.41. The first-order valence-electron chi connectivity index (χ1n) is 4.01. The van der Waals surface area contributed by atoms with Gasteiger partial charge in [0.2, 0.25) is 0 Å². The van der Waals surface area contributed by atoms with E-state index < -0.39 is 12.0 Å². The Kier molecular flexibility index (Phi) is 1.76. The monoisotopic (exact) mass is 178 g/mol. The Bertz CT molecular complexity index is 391. The lowest BCUT2D eigenvalue weighted by Crippen LogP contribution is -1.86. The van der Waals surface area contributed by atoms with Gasteiger partial charge in [0.1, 0.15) is 5.83 Å². The molecular weight excluding hydrogens is 170 g/mol. The van der Waals surface area contributed by atoms with Gasteiger partial charge in [-0.15, -0.1) is 0 Å². The summed E-state index contributed by atoms with van der Waals surface area (Å²) in [5.74, 6) is -0.726. The van der Waals surface area contributed by atoms with E-state index >= 15 is 0 Å². The second-order valence-corrected chi connectivity index (χ2v) is 2.92. The van der Waals surface area contributed by atoms with Crippen molar-refractivity contribution in [3.8, 4) is 0 Å². The topological polar surface area (TPSA) is 0 Å². The molecule has 66 valence electrons. The molecule has 2 heteroatoms. The van der Waals surface area contributed by atoms with E-state index in [1.807, 2.05) is 0 Å². The first kappa shape index (κ1) is 8.17. The minimum atomic E-state index is -1.61. The van der Waals surface area contributed by atoms with Gasteiger partial charge in [-0.05, 0) is 5.56 Å². The molecule has 0 amide bonds. The van der Waals surface area contributed by atoms with Crippen molar-refractivity contribution in [3.63, 3.8) is 0 Å². The first-order valence-corrected chi connectivity index (χ1v) is 4.01. The van der Waals surface area contributed by atoms with E-state index in [0.717, 1.165) is 0 Å². The molecular formula is C11H8F2. The van der Waals surface area contributed by atoms with E-state index in [0.29, 0.717) is 11.1 Å². The van der Waals surface area contributed by atoms with Crippen LogP contribution in [0.3, 0.4) is 0 Å². The third kappa shape index (κ3) is 1.02. The average molecular weight is 178 g/mol. The second kappa shape index (κ2) is 2.80. The molecule has 0 radical (unpaired) electrons. The van der Waals surface area contributed by atoms with Crippen LogP contribution in [0.15, 0.2) is 42.7 Å². The first-order chi connectivity index (χ1) is 6.25. The summed E-state index contributed by atoms with van der Waals surface area (Å²) in [6.45, 7) is 3.46. The molecule has 0 aliphatic heterocycles. The smallest absolute Gasteiger partial charge is 0.178 e. The fraction of sp³-hybridized carbons (Fsp3) is 0.0909. The standard InChI is InChI=1S/C11H8F2/c1-2-7-8-5-3-4-6-9(8)11(13)10(7)12/h2-6,11H,1H2. The summed E-state index contributed by atoms with van der Waals surface area (Å²) < 4.78 is 26.5. The van der Waals surface area contributed by atoms with Crippen LogP contribution in [0.25, 0.3) is 5.57 Å². The quantitative estimate of drug-likeness (QED) is 0.616. The van der Waals surface area contributed by atoms with Crippen molar-refractivity contribution >= 4 is 5.57 Å². The van der Waals surface area contributed by atoms with Crippen LogP contribution in [0, 0.1) is 0 Å². The Balaban J connectivity index is 2.66. The highest BCUT2D eigenvalue weighted by atomic mass is 19.2. The SMILES string of the molecule is C=CC1=C(F)C(F)c2ccccc21. The Labute approximate surface area is 75.2 Å². The molecule has 0 heterocycles. The van der Waals surface area contributed by atoms with Crippen LogP contribution >= 0.6 is 0 Å². The molecule has 1 aromatic carbocycles. The molecule has 0 fully saturated rings. The van der Waals surface area contributed by atoms with Crippen molar-refractivity contribution in [1.82, 2.24) is 0 Å². The molecule has 1 atom stereocenters. The highest BCUT2D eigenvalue weighted by Gasteiger charge is 2.29. The largest absolute Gasteiger partial charge is 0.234 e. The zero-order valence-corrected chi connectivity index (χ0v) is 6.93. The Morgan fingerprint density at radius 3 is 2.69 bits per heavy atom. The summed E-state index contributed by atoms with van der Waals surface area (Å²) in [7, 11) is 0. The maximum Gasteiger partial charge on any atom is 0.178 e. The van der Waals surface area contributed by atoms with Crippen molar-refractivity contribution in [2.45, 2.75) is 6.17 Å². The molecule has 1 aliphatic rings. The van der Waals surface area contributed by atoms with Gasteiger partial charge < -0.3 is 0 Å². The van der Waals surface area contributed by atoms with Crippen LogP contribution in [0.2, 0.25) is 0 Å². The van der Waals surface area contributed by atoms with E-state index in [2.05, 4.69) is 6.58 Å².